The van der Waals surface area contributed by atoms with E-state index in [1.54, 1.807) is 0 Å². The number of hydrogen-bond acceptors (Lipinski definition) is 3. The lowest BCUT2D eigenvalue weighted by Gasteiger charge is -2.38. The van der Waals surface area contributed by atoms with E-state index in [4.69, 9.17) is 10.2 Å². The smallest absolute Gasteiger partial charge is 0.393 e. The van der Waals surface area contributed by atoms with Crippen molar-refractivity contribution in [3.63, 3.8) is 0 Å². The Morgan fingerprint density at radius 1 is 0.840 bits per heavy atom. The van der Waals surface area contributed by atoms with E-state index in [2.05, 4.69) is 11.6 Å². The van der Waals surface area contributed by atoms with E-state index in [0.29, 0.717) is 6.92 Å². The predicted molar refractivity (Wildman–Crippen MR) is 61.3 cm³/mol. The van der Waals surface area contributed by atoms with Crippen molar-refractivity contribution in [2.24, 2.45) is 0 Å². The Kier molecular flexibility index (Phi) is 6.34. The maximum Gasteiger partial charge on any atom is 0.393 e. The number of carbonyl (C=O) groups excluding carboxylic acids is 1. The third kappa shape index (κ3) is 3.74. The number of amides is 1. The lowest BCUT2D eigenvalue weighted by atomic mass is 9.96. The number of alkyl halides is 11. The molecule has 25 heavy (non-hydrogen) atoms. The molecular weight excluding hydrogens is 408 g/mol. The molecule has 0 aromatic carbocycles. The number of rotatable bonds is 8. The Morgan fingerprint density at radius 2 is 1.20 bits per heavy atom. The van der Waals surface area contributed by atoms with Crippen LogP contribution in [0.3, 0.4) is 0 Å². The fourth-order valence-electron chi connectivity index (χ4n) is 1.20. The van der Waals surface area contributed by atoms with Crippen molar-refractivity contribution in [3.05, 3.63) is 0 Å². The molecule has 0 unspecified atom stereocenters. The van der Waals surface area contributed by atoms with Crippen molar-refractivity contribution >= 4 is 17.5 Å². The van der Waals surface area contributed by atoms with Crippen LogP contribution in [0.15, 0.2) is 0 Å². The molecule has 0 heterocycles. The Bertz CT molecular complexity index is 504. The van der Waals surface area contributed by atoms with Gasteiger partial charge in [0.25, 0.3) is 5.91 Å². The second-order valence-electron chi connectivity index (χ2n) is 5.13. The fraction of sp³-hybridized carbons (Fsp3) is 0.900. The number of aliphatic hydroxyl groups excluding tert-OH is 2. The summed E-state index contributed by atoms with van der Waals surface area (Å²) in [4.78, 5) is 11.1. The zero-order valence-corrected chi connectivity index (χ0v) is 12.6. The lowest BCUT2D eigenvalue weighted by Crippen LogP contribution is -2.70. The minimum atomic E-state index is -7.47. The van der Waals surface area contributed by atoms with E-state index >= 15 is 0 Å². The largest absolute Gasteiger partial charge is 0.394 e. The van der Waals surface area contributed by atoms with Gasteiger partial charge in [0.2, 0.25) is 0 Å². The van der Waals surface area contributed by atoms with Gasteiger partial charge in [-0.2, -0.15) is 43.9 Å². The summed E-state index contributed by atoms with van der Waals surface area (Å²) in [6.07, 6.45) is 0. The topological polar surface area (TPSA) is 69.6 Å². The SMILES string of the molecule is CC(CO)(CO)NC(=O)C(F)(F)C(F)(F)C(F)(F)C(F)(F)C(F)(F)Cl. The average Bonchev–Trinajstić information content (AvgIpc) is 2.44. The number of carbonyl (C=O) groups is 1. The van der Waals surface area contributed by atoms with Crippen LogP contribution in [0.25, 0.3) is 0 Å². The van der Waals surface area contributed by atoms with Crippen LogP contribution in [0.1, 0.15) is 6.92 Å². The molecule has 0 bridgehead atoms. The summed E-state index contributed by atoms with van der Waals surface area (Å²) < 4.78 is 130. The maximum atomic E-state index is 13.4. The van der Waals surface area contributed by atoms with Crippen molar-refractivity contribution in [3.8, 4) is 0 Å². The normalized spacial score (nSPS) is 15.3. The molecule has 4 nitrogen and oxygen atoms in total. The molecule has 150 valence electrons. The second kappa shape index (κ2) is 6.61. The highest BCUT2D eigenvalue weighted by atomic mass is 35.5. The minimum Gasteiger partial charge on any atom is -0.394 e. The molecule has 1 amide bonds. The highest BCUT2D eigenvalue weighted by molar-refractivity contribution is 6.22. The third-order valence-electron chi connectivity index (χ3n) is 2.94. The molecule has 15 heteroatoms. The molecule has 0 atom stereocenters. The van der Waals surface area contributed by atoms with Crippen molar-refractivity contribution in [1.29, 1.82) is 0 Å². The summed E-state index contributed by atoms with van der Waals surface area (Å²) in [6.45, 7) is -2.12. The first-order valence-electron chi connectivity index (χ1n) is 5.87. The van der Waals surface area contributed by atoms with Crippen LogP contribution in [-0.4, -0.2) is 63.9 Å². The van der Waals surface area contributed by atoms with E-state index in [0.717, 1.165) is 5.32 Å². The maximum absolute atomic E-state index is 13.4. The highest BCUT2D eigenvalue weighted by Gasteiger charge is 2.87. The summed E-state index contributed by atoms with van der Waals surface area (Å²) in [5.74, 6) is -32.0. The van der Waals surface area contributed by atoms with Crippen molar-refractivity contribution < 1.29 is 58.9 Å². The van der Waals surface area contributed by atoms with Gasteiger partial charge in [-0.3, -0.25) is 4.79 Å². The zero-order valence-electron chi connectivity index (χ0n) is 11.9. The van der Waals surface area contributed by atoms with Gasteiger partial charge in [0.1, 0.15) is 0 Å². The minimum absolute atomic E-state index is 0.596. The Balaban J connectivity index is 6.01. The van der Waals surface area contributed by atoms with E-state index in [9.17, 15) is 48.7 Å². The van der Waals surface area contributed by atoms with E-state index in [-0.39, 0.29) is 0 Å². The summed E-state index contributed by atoms with van der Waals surface area (Å²) >= 11 is 3.59. The van der Waals surface area contributed by atoms with E-state index in [1.807, 2.05) is 0 Å². The highest BCUT2D eigenvalue weighted by Crippen LogP contribution is 2.57. The molecule has 0 saturated heterocycles. The van der Waals surface area contributed by atoms with Crippen LogP contribution < -0.4 is 5.32 Å². The van der Waals surface area contributed by atoms with Crippen LogP contribution in [0.5, 0.6) is 0 Å². The summed E-state index contributed by atoms with van der Waals surface area (Å²) in [7, 11) is 0. The molecule has 3 N–H and O–H groups in total. The van der Waals surface area contributed by atoms with E-state index < -0.39 is 53.7 Å². The molecule has 0 aliphatic carbocycles. The van der Waals surface area contributed by atoms with Crippen LogP contribution in [0, 0.1) is 0 Å². The molecule has 0 radical (unpaired) electrons. The Morgan fingerprint density at radius 3 is 1.48 bits per heavy atom. The van der Waals surface area contributed by atoms with Gasteiger partial charge >= 0.3 is 29.1 Å². The monoisotopic (exact) mass is 417 g/mol. The standard InChI is InChI=1S/C10H10ClF10NO3/c1-5(2-23,3-24)22-4(25)6(12,13)7(14,15)8(16,17)9(18,19)10(11,20)21/h23-24H,2-3H2,1H3,(H,22,25). The first-order chi connectivity index (χ1) is 10.7. The van der Waals surface area contributed by atoms with Crippen LogP contribution in [0.4, 0.5) is 43.9 Å². The van der Waals surface area contributed by atoms with E-state index in [1.165, 1.54) is 0 Å². The molecule has 0 aromatic rings. The quantitative estimate of drug-likeness (QED) is 0.419. The first-order valence-corrected chi connectivity index (χ1v) is 6.25. The van der Waals surface area contributed by atoms with Gasteiger partial charge in [-0.15, -0.1) is 0 Å². The van der Waals surface area contributed by atoms with Gasteiger partial charge < -0.3 is 15.5 Å². The number of aliphatic hydroxyl groups is 2. The molecule has 0 spiro atoms. The molecule has 0 saturated carbocycles. The van der Waals surface area contributed by atoms with Crippen molar-refractivity contribution in [1.82, 2.24) is 5.32 Å². The van der Waals surface area contributed by atoms with Gasteiger partial charge in [-0.1, -0.05) is 0 Å². The molecule has 0 aromatic heterocycles. The zero-order chi connectivity index (χ0) is 20.7. The van der Waals surface area contributed by atoms with Crippen LogP contribution in [-0.2, 0) is 4.79 Å². The van der Waals surface area contributed by atoms with Gasteiger partial charge in [-0.05, 0) is 18.5 Å². The van der Waals surface area contributed by atoms with Crippen LogP contribution >= 0.6 is 11.6 Å². The number of hydrogen-bond donors (Lipinski definition) is 3. The molecular formula is C10H10ClF10NO3. The van der Waals surface area contributed by atoms with Crippen LogP contribution in [0.2, 0.25) is 0 Å². The number of halogens is 11. The Labute approximate surface area is 137 Å². The number of nitrogens with one attached hydrogen (secondary N) is 1. The molecule has 0 aliphatic rings. The lowest BCUT2D eigenvalue weighted by molar-refractivity contribution is -0.382. The predicted octanol–water partition coefficient (Wildman–Crippen LogP) is 2.22. The fourth-order valence-corrected chi connectivity index (χ4v) is 1.32. The average molecular weight is 418 g/mol. The molecule has 0 rings (SSSR count). The first kappa shape index (κ1) is 24.0. The summed E-state index contributed by atoms with van der Waals surface area (Å²) in [5.41, 5.74) is -2.44. The summed E-state index contributed by atoms with van der Waals surface area (Å²) in [6, 6.07) is 0. The van der Waals surface area contributed by atoms with Crippen molar-refractivity contribution in [2.75, 3.05) is 13.2 Å². The third-order valence-corrected chi connectivity index (χ3v) is 3.17. The molecule has 0 fully saturated rings. The Hall–Kier alpha value is -1.02. The van der Waals surface area contributed by atoms with Gasteiger partial charge in [-0.25, -0.2) is 0 Å². The van der Waals surface area contributed by atoms with Crippen molar-refractivity contribution in [2.45, 2.75) is 41.5 Å². The summed E-state index contributed by atoms with van der Waals surface area (Å²) in [5, 5.41) is 11.9. The van der Waals surface area contributed by atoms with Gasteiger partial charge in [0.15, 0.2) is 0 Å². The van der Waals surface area contributed by atoms with Gasteiger partial charge in [0.05, 0.1) is 18.8 Å². The molecule has 0 aliphatic heterocycles. The second-order valence-corrected chi connectivity index (χ2v) is 5.60. The van der Waals surface area contributed by atoms with Gasteiger partial charge in [0, 0.05) is 0 Å².